The minimum atomic E-state index is -4.39. The highest BCUT2D eigenvalue weighted by Gasteiger charge is 2.64. The van der Waals surface area contributed by atoms with Crippen LogP contribution in [0.25, 0.3) is 11.1 Å². The summed E-state index contributed by atoms with van der Waals surface area (Å²) in [5.41, 5.74) is 5.29. The Balaban J connectivity index is 1.03. The summed E-state index contributed by atoms with van der Waals surface area (Å²) in [5.74, 6) is 0.894. The summed E-state index contributed by atoms with van der Waals surface area (Å²) in [4.78, 5) is 13.0. The second-order valence-electron chi connectivity index (χ2n) is 11.5. The molecule has 2 heterocycles. The Labute approximate surface area is 234 Å². The number of piperidine rings is 1. The van der Waals surface area contributed by atoms with Gasteiger partial charge in [-0.3, -0.25) is 9.42 Å². The number of aryl methyl sites for hydroxylation is 1. The minimum Gasteiger partial charge on any atom is -0.482 e. The Morgan fingerprint density at radius 1 is 1.05 bits per heavy atom. The van der Waals surface area contributed by atoms with Crippen molar-refractivity contribution < 1.29 is 28.3 Å². The Kier molecular flexibility index (Phi) is 6.41. The molecule has 0 amide bonds. The summed E-state index contributed by atoms with van der Waals surface area (Å²) in [6.07, 6.45) is 5.80. The van der Waals surface area contributed by atoms with E-state index in [1.165, 1.54) is 5.56 Å². The van der Waals surface area contributed by atoms with E-state index in [0.717, 1.165) is 41.6 Å². The average Bonchev–Trinajstić information content (AvgIpc) is 3.32. The van der Waals surface area contributed by atoms with Crippen molar-refractivity contribution in [3.05, 3.63) is 95.6 Å². The van der Waals surface area contributed by atoms with Crippen molar-refractivity contribution in [3.63, 3.8) is 0 Å². The average molecular weight is 560 g/mol. The zero-order valence-corrected chi connectivity index (χ0v) is 23.4. The van der Waals surface area contributed by atoms with Gasteiger partial charge in [0.15, 0.2) is 11.5 Å². The molecule has 6 atom stereocenters. The van der Waals surface area contributed by atoms with Crippen LogP contribution >= 0.6 is 7.82 Å². The number of aliphatic hydroxyl groups excluding tert-OH is 1. The lowest BCUT2D eigenvalue weighted by Gasteiger charge is -2.56. The molecule has 7 rings (SSSR count). The van der Waals surface area contributed by atoms with Crippen molar-refractivity contribution >= 4 is 7.82 Å². The zero-order chi connectivity index (χ0) is 27.5. The van der Waals surface area contributed by atoms with Crippen LogP contribution < -0.4 is 9.26 Å². The van der Waals surface area contributed by atoms with Gasteiger partial charge >= 0.3 is 7.82 Å². The SMILES string of the molecule is CN1CCC23c4c5ccc(OP(=O)(O)OCCCc6ccc(-c7ccccc7)cc6)c4OC2C(O)C=CC3C1C5. The molecule has 2 aliphatic carbocycles. The first-order valence-corrected chi connectivity index (χ1v) is 15.6. The molecular weight excluding hydrogens is 525 g/mol. The van der Waals surface area contributed by atoms with Crippen molar-refractivity contribution in [2.75, 3.05) is 20.2 Å². The van der Waals surface area contributed by atoms with Gasteiger partial charge in [-0.2, -0.15) is 0 Å². The van der Waals surface area contributed by atoms with Crippen LogP contribution in [0.3, 0.4) is 0 Å². The second kappa shape index (κ2) is 9.86. The summed E-state index contributed by atoms with van der Waals surface area (Å²) in [7, 11) is -2.23. The molecule has 3 aromatic rings. The van der Waals surface area contributed by atoms with E-state index in [9.17, 15) is 14.6 Å². The van der Waals surface area contributed by atoms with Gasteiger partial charge in [0.25, 0.3) is 0 Å². The van der Waals surface area contributed by atoms with Gasteiger partial charge in [-0.15, -0.1) is 0 Å². The smallest absolute Gasteiger partial charge is 0.482 e. The van der Waals surface area contributed by atoms with Gasteiger partial charge in [-0.05, 0) is 67.6 Å². The van der Waals surface area contributed by atoms with Crippen LogP contribution in [0.1, 0.15) is 29.5 Å². The number of benzene rings is 3. The highest BCUT2D eigenvalue weighted by molar-refractivity contribution is 7.47. The van der Waals surface area contributed by atoms with Crippen LogP contribution in [0.2, 0.25) is 0 Å². The van der Waals surface area contributed by atoms with Crippen LogP contribution in [0.5, 0.6) is 11.5 Å². The van der Waals surface area contributed by atoms with E-state index in [-0.39, 0.29) is 23.7 Å². The Bertz CT molecular complexity index is 1490. The van der Waals surface area contributed by atoms with Crippen molar-refractivity contribution in [1.82, 2.24) is 4.90 Å². The summed E-state index contributed by atoms with van der Waals surface area (Å²) < 4.78 is 30.4. The second-order valence-corrected chi connectivity index (χ2v) is 12.8. The number of phosphoric acid groups is 1. The zero-order valence-electron chi connectivity index (χ0n) is 22.5. The molecule has 6 unspecified atom stereocenters. The van der Waals surface area contributed by atoms with Crippen molar-refractivity contribution in [2.45, 2.75) is 49.3 Å². The first-order chi connectivity index (χ1) is 19.4. The maximum absolute atomic E-state index is 13.0. The monoisotopic (exact) mass is 559 g/mol. The molecule has 40 heavy (non-hydrogen) atoms. The molecular formula is C32H34NO6P. The van der Waals surface area contributed by atoms with E-state index in [2.05, 4.69) is 54.4 Å². The van der Waals surface area contributed by atoms with Crippen molar-refractivity contribution in [3.8, 4) is 22.6 Å². The third-order valence-corrected chi connectivity index (χ3v) is 10.2. The predicted molar refractivity (Wildman–Crippen MR) is 153 cm³/mol. The number of hydrogen-bond donors (Lipinski definition) is 2. The summed E-state index contributed by atoms with van der Waals surface area (Å²) in [6.45, 7) is 0.989. The number of likely N-dealkylation sites (N-methyl/N-ethyl adjacent to an activating group) is 1. The lowest BCUT2D eigenvalue weighted by atomic mass is 9.53. The number of hydrogen-bond acceptors (Lipinski definition) is 6. The van der Waals surface area contributed by atoms with Crippen LogP contribution in [0.15, 0.2) is 78.9 Å². The largest absolute Gasteiger partial charge is 0.527 e. The first-order valence-electron chi connectivity index (χ1n) is 14.1. The van der Waals surface area contributed by atoms with Gasteiger partial charge in [0, 0.05) is 22.9 Å². The van der Waals surface area contributed by atoms with Gasteiger partial charge in [-0.1, -0.05) is 72.8 Å². The molecule has 1 spiro atoms. The van der Waals surface area contributed by atoms with Gasteiger partial charge in [0.1, 0.15) is 12.2 Å². The number of ether oxygens (including phenoxy) is 1. The number of aliphatic hydroxyl groups is 1. The number of rotatable bonds is 8. The van der Waals surface area contributed by atoms with E-state index in [0.29, 0.717) is 24.6 Å². The van der Waals surface area contributed by atoms with Crippen LogP contribution in [0, 0.1) is 5.92 Å². The Morgan fingerprint density at radius 3 is 2.62 bits per heavy atom. The molecule has 2 bridgehead atoms. The fourth-order valence-corrected chi connectivity index (χ4v) is 8.21. The normalized spacial score (nSPS) is 29.4. The lowest BCUT2D eigenvalue weighted by molar-refractivity contribution is -0.0452. The van der Waals surface area contributed by atoms with E-state index >= 15 is 0 Å². The maximum Gasteiger partial charge on any atom is 0.527 e. The molecule has 0 aromatic heterocycles. The van der Waals surface area contributed by atoms with Crippen LogP contribution in [-0.2, 0) is 27.3 Å². The van der Waals surface area contributed by atoms with Crippen molar-refractivity contribution in [2.24, 2.45) is 5.92 Å². The molecule has 208 valence electrons. The standard InChI is InChI=1S/C32H34NO6P/c1-33-18-17-32-25-14-15-27(34)31(32)38-30-28(16-13-24(29(30)32)20-26(25)33)39-40(35,36)37-19-5-6-21-9-11-23(12-10-21)22-7-3-2-4-8-22/h2-4,7-16,25-27,31,34H,5-6,17-20H2,1H3,(H,35,36). The van der Waals surface area contributed by atoms with E-state index in [4.69, 9.17) is 13.8 Å². The molecule has 2 aliphatic heterocycles. The molecule has 1 fully saturated rings. The molecule has 0 radical (unpaired) electrons. The molecule has 0 saturated carbocycles. The fraction of sp³-hybridized carbons (Fsp3) is 0.375. The summed E-state index contributed by atoms with van der Waals surface area (Å²) in [6, 6.07) is 22.6. The van der Waals surface area contributed by atoms with Crippen LogP contribution in [0.4, 0.5) is 0 Å². The third-order valence-electron chi connectivity index (χ3n) is 9.27. The third kappa shape index (κ3) is 4.23. The number of phosphoric ester groups is 1. The molecule has 4 aliphatic rings. The molecule has 1 saturated heterocycles. The van der Waals surface area contributed by atoms with E-state index in [1.807, 2.05) is 30.3 Å². The molecule has 8 heteroatoms. The number of nitrogens with zero attached hydrogens (tertiary/aromatic N) is 1. The predicted octanol–water partition coefficient (Wildman–Crippen LogP) is 5.29. The summed E-state index contributed by atoms with van der Waals surface area (Å²) >= 11 is 0. The van der Waals surface area contributed by atoms with Crippen molar-refractivity contribution in [1.29, 1.82) is 0 Å². The maximum atomic E-state index is 13.0. The van der Waals surface area contributed by atoms with Gasteiger partial charge in [0.05, 0.1) is 6.61 Å². The van der Waals surface area contributed by atoms with Gasteiger partial charge < -0.3 is 19.3 Å². The van der Waals surface area contributed by atoms with E-state index < -0.39 is 20.0 Å². The number of likely N-dealkylation sites (tertiary alicyclic amines) is 1. The molecule has 3 aromatic carbocycles. The first kappa shape index (κ1) is 26.0. The highest BCUT2D eigenvalue weighted by atomic mass is 31.2. The summed E-state index contributed by atoms with van der Waals surface area (Å²) in [5, 5.41) is 10.9. The Morgan fingerprint density at radius 2 is 1.82 bits per heavy atom. The Hall–Kier alpha value is -2.93. The highest BCUT2D eigenvalue weighted by Crippen LogP contribution is 2.63. The van der Waals surface area contributed by atoms with Crippen LogP contribution in [-0.4, -0.2) is 53.3 Å². The molecule has 7 nitrogen and oxygen atoms in total. The fourth-order valence-electron chi connectivity index (χ4n) is 7.40. The van der Waals surface area contributed by atoms with Gasteiger partial charge in [0.2, 0.25) is 0 Å². The minimum absolute atomic E-state index is 0.0840. The van der Waals surface area contributed by atoms with E-state index in [1.54, 1.807) is 6.07 Å². The lowest BCUT2D eigenvalue weighted by Crippen LogP contribution is -2.64. The topological polar surface area (TPSA) is 88.5 Å². The molecule has 2 N–H and O–H groups in total. The van der Waals surface area contributed by atoms with Gasteiger partial charge in [-0.25, -0.2) is 4.57 Å². The quantitative estimate of drug-likeness (QED) is 0.220.